The third kappa shape index (κ3) is 3.64. The summed E-state index contributed by atoms with van der Waals surface area (Å²) < 4.78 is 25.3. The fourth-order valence-electron chi connectivity index (χ4n) is 2.30. The van der Waals surface area contributed by atoms with Crippen molar-refractivity contribution in [3.05, 3.63) is 56.8 Å². The van der Waals surface area contributed by atoms with Gasteiger partial charge in [0.2, 0.25) is 0 Å². The van der Waals surface area contributed by atoms with Crippen LogP contribution in [0.1, 0.15) is 45.8 Å². The van der Waals surface area contributed by atoms with Crippen LogP contribution in [0.5, 0.6) is 0 Å². The van der Waals surface area contributed by atoms with Gasteiger partial charge in [-0.15, -0.1) is 11.3 Å². The summed E-state index contributed by atoms with van der Waals surface area (Å²) in [7, 11) is 0. The third-order valence-electron chi connectivity index (χ3n) is 3.36. The minimum absolute atomic E-state index is 0.0829. The van der Waals surface area contributed by atoms with E-state index in [1.807, 2.05) is 6.07 Å². The van der Waals surface area contributed by atoms with Crippen LogP contribution in [-0.2, 0) is 6.54 Å². The van der Waals surface area contributed by atoms with E-state index in [9.17, 15) is 8.78 Å². The number of aryl methyl sites for hydroxylation is 2. The molecular formula is C16H19F2NS. The summed E-state index contributed by atoms with van der Waals surface area (Å²) in [6.07, 6.45) is -2.41. The number of halogens is 2. The van der Waals surface area contributed by atoms with Crippen LogP contribution in [0.15, 0.2) is 30.3 Å². The van der Waals surface area contributed by atoms with Gasteiger partial charge in [0.1, 0.15) is 0 Å². The number of benzene rings is 1. The maximum Gasteiger partial charge on any atom is 0.263 e. The Hall–Kier alpha value is -1.26. The molecule has 0 saturated heterocycles. The molecule has 1 unspecified atom stereocenters. The second-order valence-corrected chi connectivity index (χ2v) is 6.48. The van der Waals surface area contributed by atoms with Crippen LogP contribution in [0.2, 0.25) is 0 Å². The Bertz CT molecular complexity index is 578. The van der Waals surface area contributed by atoms with Crippen molar-refractivity contribution in [1.82, 2.24) is 5.32 Å². The quantitative estimate of drug-likeness (QED) is 0.804. The lowest BCUT2D eigenvalue weighted by Gasteiger charge is -2.14. The van der Waals surface area contributed by atoms with Crippen molar-refractivity contribution < 1.29 is 8.78 Å². The first-order valence-electron chi connectivity index (χ1n) is 6.64. The molecule has 1 aromatic carbocycles. The van der Waals surface area contributed by atoms with Crippen molar-refractivity contribution in [2.75, 3.05) is 0 Å². The standard InChI is InChI=1S/C16H19F2NS/c1-10-7-15(12(3)20-10)11(2)19-9-13-5-4-6-14(8-13)16(17)18/h4-8,11,16,19H,9H2,1-3H3. The minimum Gasteiger partial charge on any atom is -0.306 e. The lowest BCUT2D eigenvalue weighted by atomic mass is 10.1. The molecular weight excluding hydrogens is 276 g/mol. The van der Waals surface area contributed by atoms with Crippen LogP contribution in [0.25, 0.3) is 0 Å². The van der Waals surface area contributed by atoms with Gasteiger partial charge >= 0.3 is 0 Å². The Morgan fingerprint density at radius 2 is 1.95 bits per heavy atom. The predicted molar refractivity (Wildman–Crippen MR) is 80.4 cm³/mol. The van der Waals surface area contributed by atoms with E-state index in [1.54, 1.807) is 23.5 Å². The molecule has 0 aliphatic heterocycles. The largest absolute Gasteiger partial charge is 0.306 e. The summed E-state index contributed by atoms with van der Waals surface area (Å²) in [5, 5.41) is 3.40. The van der Waals surface area contributed by atoms with Crippen molar-refractivity contribution in [2.24, 2.45) is 0 Å². The highest BCUT2D eigenvalue weighted by Gasteiger charge is 2.11. The fourth-order valence-corrected chi connectivity index (χ4v) is 3.32. The van der Waals surface area contributed by atoms with Crippen LogP contribution >= 0.6 is 11.3 Å². The van der Waals surface area contributed by atoms with Crippen molar-refractivity contribution in [1.29, 1.82) is 0 Å². The average Bonchev–Trinajstić information content (AvgIpc) is 2.75. The summed E-state index contributed by atoms with van der Waals surface area (Å²) >= 11 is 1.79. The van der Waals surface area contributed by atoms with E-state index in [0.717, 1.165) is 5.56 Å². The molecule has 0 radical (unpaired) electrons. The van der Waals surface area contributed by atoms with Gasteiger partial charge in [-0.2, -0.15) is 0 Å². The zero-order valence-electron chi connectivity index (χ0n) is 11.9. The lowest BCUT2D eigenvalue weighted by molar-refractivity contribution is 0.151. The zero-order valence-corrected chi connectivity index (χ0v) is 12.7. The summed E-state index contributed by atoms with van der Waals surface area (Å²) in [6.45, 7) is 6.91. The Kier molecular flexibility index (Phi) is 4.89. The van der Waals surface area contributed by atoms with Crippen molar-refractivity contribution >= 4 is 11.3 Å². The van der Waals surface area contributed by atoms with Gasteiger partial charge in [-0.25, -0.2) is 8.78 Å². The molecule has 2 aromatic rings. The summed E-state index contributed by atoms with van der Waals surface area (Å²) in [5.41, 5.74) is 2.26. The van der Waals surface area contributed by atoms with Crippen LogP contribution < -0.4 is 5.32 Å². The predicted octanol–water partition coefficient (Wildman–Crippen LogP) is 5.15. The van der Waals surface area contributed by atoms with Gasteiger partial charge in [0.25, 0.3) is 6.43 Å². The summed E-state index contributed by atoms with van der Waals surface area (Å²) in [4.78, 5) is 2.61. The van der Waals surface area contributed by atoms with Crippen LogP contribution in [0.4, 0.5) is 8.78 Å². The second kappa shape index (κ2) is 6.46. The molecule has 1 nitrogen and oxygen atoms in total. The Morgan fingerprint density at radius 3 is 2.55 bits per heavy atom. The van der Waals surface area contributed by atoms with Gasteiger partial charge in [-0.05, 0) is 44.0 Å². The fraction of sp³-hybridized carbons (Fsp3) is 0.375. The number of hydrogen-bond acceptors (Lipinski definition) is 2. The maximum absolute atomic E-state index is 12.6. The first-order chi connectivity index (χ1) is 9.47. The number of thiophene rings is 1. The van der Waals surface area contributed by atoms with Crippen molar-refractivity contribution in [2.45, 2.75) is 39.8 Å². The van der Waals surface area contributed by atoms with Gasteiger partial charge < -0.3 is 5.32 Å². The highest BCUT2D eigenvalue weighted by atomic mass is 32.1. The summed E-state index contributed by atoms with van der Waals surface area (Å²) in [5.74, 6) is 0. The second-order valence-electron chi connectivity index (χ2n) is 5.02. The number of hydrogen-bond donors (Lipinski definition) is 1. The molecule has 0 aliphatic carbocycles. The summed E-state index contributed by atoms with van der Waals surface area (Å²) in [6, 6.07) is 8.99. The maximum atomic E-state index is 12.6. The zero-order chi connectivity index (χ0) is 14.7. The SMILES string of the molecule is Cc1cc(C(C)NCc2cccc(C(F)F)c2)c(C)s1. The molecule has 0 saturated carbocycles. The molecule has 108 valence electrons. The minimum atomic E-state index is -2.41. The van der Waals surface area contributed by atoms with Crippen LogP contribution in [0.3, 0.4) is 0 Å². The Morgan fingerprint density at radius 1 is 1.20 bits per heavy atom. The van der Waals surface area contributed by atoms with Crippen LogP contribution in [0, 0.1) is 13.8 Å². The topological polar surface area (TPSA) is 12.0 Å². The monoisotopic (exact) mass is 295 g/mol. The molecule has 4 heteroatoms. The van der Waals surface area contributed by atoms with E-state index in [0.29, 0.717) is 6.54 Å². The molecule has 20 heavy (non-hydrogen) atoms. The Labute approximate surface area is 122 Å². The van der Waals surface area contributed by atoms with Crippen molar-refractivity contribution in [3.8, 4) is 0 Å². The first kappa shape index (κ1) is 15.1. The smallest absolute Gasteiger partial charge is 0.263 e. The molecule has 0 spiro atoms. The molecule has 0 amide bonds. The van der Waals surface area contributed by atoms with Crippen molar-refractivity contribution in [3.63, 3.8) is 0 Å². The molecule has 1 N–H and O–H groups in total. The van der Waals surface area contributed by atoms with Gasteiger partial charge in [0.15, 0.2) is 0 Å². The number of nitrogens with one attached hydrogen (secondary N) is 1. The molecule has 2 rings (SSSR count). The molecule has 1 atom stereocenters. The van der Waals surface area contributed by atoms with E-state index in [2.05, 4.69) is 32.2 Å². The molecule has 1 aromatic heterocycles. The normalized spacial score (nSPS) is 12.9. The van der Waals surface area contributed by atoms with E-state index in [1.165, 1.54) is 21.4 Å². The highest BCUT2D eigenvalue weighted by molar-refractivity contribution is 7.12. The van der Waals surface area contributed by atoms with E-state index in [-0.39, 0.29) is 11.6 Å². The van der Waals surface area contributed by atoms with Gasteiger partial charge in [-0.3, -0.25) is 0 Å². The van der Waals surface area contributed by atoms with E-state index >= 15 is 0 Å². The first-order valence-corrected chi connectivity index (χ1v) is 7.46. The van der Waals surface area contributed by atoms with Gasteiger partial charge in [0.05, 0.1) is 0 Å². The number of rotatable bonds is 5. The molecule has 1 heterocycles. The van der Waals surface area contributed by atoms with E-state index < -0.39 is 6.43 Å². The lowest BCUT2D eigenvalue weighted by Crippen LogP contribution is -2.18. The van der Waals surface area contributed by atoms with Gasteiger partial charge in [0, 0.05) is 27.9 Å². The number of alkyl halides is 2. The van der Waals surface area contributed by atoms with Gasteiger partial charge in [-0.1, -0.05) is 18.2 Å². The third-order valence-corrected chi connectivity index (χ3v) is 4.34. The molecule has 0 bridgehead atoms. The Balaban J connectivity index is 2.01. The van der Waals surface area contributed by atoms with Crippen LogP contribution in [-0.4, -0.2) is 0 Å². The molecule has 0 aliphatic rings. The average molecular weight is 295 g/mol. The highest BCUT2D eigenvalue weighted by Crippen LogP contribution is 2.26. The van der Waals surface area contributed by atoms with E-state index in [4.69, 9.17) is 0 Å². The molecule has 0 fully saturated rings.